The maximum absolute atomic E-state index is 11.3. The molecule has 104 valence electrons. The Morgan fingerprint density at radius 2 is 1.67 bits per heavy atom. The van der Waals surface area contributed by atoms with Crippen LogP contribution in [0.25, 0.3) is 10.8 Å². The summed E-state index contributed by atoms with van der Waals surface area (Å²) in [5, 5.41) is 16.2. The number of nitrogens with one attached hydrogen (secondary N) is 1. The minimum Gasteiger partial charge on any atom is -0.349 e. The topological polar surface area (TPSA) is 55.2 Å². The molecule has 3 rings (SSSR count). The second kappa shape index (κ2) is 5.54. The van der Waals surface area contributed by atoms with Gasteiger partial charge in [-0.05, 0) is 35.7 Å². The van der Waals surface area contributed by atoms with E-state index < -0.39 is 0 Å². The number of halogens is 1. The highest BCUT2D eigenvalue weighted by Gasteiger charge is 2.16. The molecule has 0 spiro atoms. The summed E-state index contributed by atoms with van der Waals surface area (Å²) in [4.78, 5) is 10.9. The zero-order valence-electron chi connectivity index (χ0n) is 10.9. The number of hydrogen-bond acceptors (Lipinski definition) is 3. The summed E-state index contributed by atoms with van der Waals surface area (Å²) in [7, 11) is 0. The molecular formula is C16H11BrN2O2. The number of rotatable bonds is 3. The number of fused-ring (bicyclic) bond motifs is 1. The number of anilines is 2. The normalized spacial score (nSPS) is 10.5. The Kier molecular flexibility index (Phi) is 3.58. The lowest BCUT2D eigenvalue weighted by Crippen LogP contribution is -1.98. The van der Waals surface area contributed by atoms with Crippen molar-refractivity contribution in [2.24, 2.45) is 0 Å². The Bertz CT molecular complexity index is 816. The highest BCUT2D eigenvalue weighted by molar-refractivity contribution is 9.10. The molecule has 1 N–H and O–H groups in total. The van der Waals surface area contributed by atoms with Crippen molar-refractivity contribution in [1.29, 1.82) is 0 Å². The van der Waals surface area contributed by atoms with E-state index in [1.165, 1.54) is 6.07 Å². The average Bonchev–Trinajstić information content (AvgIpc) is 2.49. The van der Waals surface area contributed by atoms with Gasteiger partial charge < -0.3 is 5.32 Å². The smallest absolute Gasteiger partial charge is 0.293 e. The van der Waals surface area contributed by atoms with Gasteiger partial charge in [0.2, 0.25) is 0 Å². The maximum Gasteiger partial charge on any atom is 0.293 e. The van der Waals surface area contributed by atoms with Crippen LogP contribution in [0.5, 0.6) is 0 Å². The fourth-order valence-corrected chi connectivity index (χ4v) is 2.49. The lowest BCUT2D eigenvalue weighted by atomic mass is 10.1. The molecule has 5 heteroatoms. The van der Waals surface area contributed by atoms with Crippen molar-refractivity contribution >= 4 is 43.8 Å². The standard InChI is InChI=1S/C16H11BrN2O2/c17-12-6-8-13(9-7-12)18-16-14-4-2-1-3-11(14)5-10-15(16)19(20)21/h1-10,18H. The first-order valence-corrected chi connectivity index (χ1v) is 7.13. The van der Waals surface area contributed by atoms with Crippen LogP contribution in [-0.4, -0.2) is 4.92 Å². The molecule has 0 aliphatic heterocycles. The molecular weight excluding hydrogens is 332 g/mol. The van der Waals surface area contributed by atoms with Crippen molar-refractivity contribution in [2.45, 2.75) is 0 Å². The van der Waals surface area contributed by atoms with E-state index in [4.69, 9.17) is 0 Å². The van der Waals surface area contributed by atoms with E-state index in [1.54, 1.807) is 6.07 Å². The van der Waals surface area contributed by atoms with E-state index in [1.807, 2.05) is 48.5 Å². The number of benzene rings is 3. The van der Waals surface area contributed by atoms with Crippen molar-refractivity contribution in [3.05, 3.63) is 75.3 Å². The molecule has 0 aliphatic carbocycles. The van der Waals surface area contributed by atoms with Gasteiger partial charge in [-0.3, -0.25) is 10.1 Å². The van der Waals surface area contributed by atoms with Crippen LogP contribution in [0.1, 0.15) is 0 Å². The summed E-state index contributed by atoms with van der Waals surface area (Å²) >= 11 is 3.37. The van der Waals surface area contributed by atoms with Crippen molar-refractivity contribution in [3.63, 3.8) is 0 Å². The highest BCUT2D eigenvalue weighted by Crippen LogP contribution is 2.35. The summed E-state index contributed by atoms with van der Waals surface area (Å²) in [6.07, 6.45) is 0. The van der Waals surface area contributed by atoms with Gasteiger partial charge in [0.1, 0.15) is 5.69 Å². The van der Waals surface area contributed by atoms with E-state index in [9.17, 15) is 10.1 Å². The molecule has 0 radical (unpaired) electrons. The number of nitrogens with zero attached hydrogens (tertiary/aromatic N) is 1. The molecule has 0 aromatic heterocycles. The first kappa shape index (κ1) is 13.6. The summed E-state index contributed by atoms with van der Waals surface area (Å²) in [5.41, 5.74) is 1.38. The Morgan fingerprint density at radius 1 is 0.952 bits per heavy atom. The van der Waals surface area contributed by atoms with Crippen LogP contribution in [0.4, 0.5) is 17.1 Å². The SMILES string of the molecule is O=[N+]([O-])c1ccc2ccccc2c1Nc1ccc(Br)cc1. The molecule has 21 heavy (non-hydrogen) atoms. The molecule has 0 heterocycles. The van der Waals surface area contributed by atoms with Gasteiger partial charge in [-0.2, -0.15) is 0 Å². The van der Waals surface area contributed by atoms with Gasteiger partial charge in [0, 0.05) is 21.6 Å². The van der Waals surface area contributed by atoms with E-state index in [0.717, 1.165) is 20.9 Å². The van der Waals surface area contributed by atoms with E-state index in [0.29, 0.717) is 5.69 Å². The van der Waals surface area contributed by atoms with Crippen LogP contribution in [0.3, 0.4) is 0 Å². The van der Waals surface area contributed by atoms with Gasteiger partial charge >= 0.3 is 0 Å². The highest BCUT2D eigenvalue weighted by atomic mass is 79.9. The van der Waals surface area contributed by atoms with Gasteiger partial charge in [0.05, 0.1) is 4.92 Å². The molecule has 0 amide bonds. The maximum atomic E-state index is 11.3. The fraction of sp³-hybridized carbons (Fsp3) is 0. The van der Waals surface area contributed by atoms with Crippen LogP contribution in [0.15, 0.2) is 65.1 Å². The molecule has 3 aromatic rings. The van der Waals surface area contributed by atoms with Gasteiger partial charge in [0.25, 0.3) is 5.69 Å². The monoisotopic (exact) mass is 342 g/mol. The molecule has 4 nitrogen and oxygen atoms in total. The largest absolute Gasteiger partial charge is 0.349 e. The minimum absolute atomic E-state index is 0.0663. The fourth-order valence-electron chi connectivity index (χ4n) is 2.22. The zero-order chi connectivity index (χ0) is 14.8. The third-order valence-electron chi connectivity index (χ3n) is 3.22. The number of nitro groups is 1. The molecule has 0 fully saturated rings. The Morgan fingerprint density at radius 3 is 2.38 bits per heavy atom. The average molecular weight is 343 g/mol. The van der Waals surface area contributed by atoms with Crippen LogP contribution in [-0.2, 0) is 0 Å². The third kappa shape index (κ3) is 2.73. The molecule has 0 saturated carbocycles. The third-order valence-corrected chi connectivity index (χ3v) is 3.75. The van der Waals surface area contributed by atoms with Crippen LogP contribution >= 0.6 is 15.9 Å². The van der Waals surface area contributed by atoms with Gasteiger partial charge in [0.15, 0.2) is 0 Å². The molecule has 3 aromatic carbocycles. The first-order chi connectivity index (χ1) is 10.1. The number of hydrogen-bond donors (Lipinski definition) is 1. The lowest BCUT2D eigenvalue weighted by molar-refractivity contribution is -0.383. The summed E-state index contributed by atoms with van der Waals surface area (Å²) in [5.74, 6) is 0. The Labute approximate surface area is 129 Å². The van der Waals surface area contributed by atoms with Crippen molar-refractivity contribution in [3.8, 4) is 0 Å². The van der Waals surface area contributed by atoms with Crippen LogP contribution in [0.2, 0.25) is 0 Å². The summed E-state index contributed by atoms with van der Waals surface area (Å²) in [6, 6.07) is 18.4. The van der Waals surface area contributed by atoms with Gasteiger partial charge in [-0.25, -0.2) is 0 Å². The molecule has 0 bridgehead atoms. The predicted molar refractivity (Wildman–Crippen MR) is 88.0 cm³/mol. The van der Waals surface area contributed by atoms with Crippen molar-refractivity contribution in [2.75, 3.05) is 5.32 Å². The second-order valence-corrected chi connectivity index (χ2v) is 5.49. The lowest BCUT2D eigenvalue weighted by Gasteiger charge is -2.10. The van der Waals surface area contributed by atoms with Crippen molar-refractivity contribution in [1.82, 2.24) is 0 Å². The first-order valence-electron chi connectivity index (χ1n) is 6.34. The Hall–Kier alpha value is -2.40. The molecule has 0 aliphatic rings. The van der Waals surface area contributed by atoms with Gasteiger partial charge in [-0.1, -0.05) is 40.2 Å². The van der Waals surface area contributed by atoms with Gasteiger partial charge in [-0.15, -0.1) is 0 Å². The quantitative estimate of drug-likeness (QED) is 0.522. The zero-order valence-corrected chi connectivity index (χ0v) is 12.5. The molecule has 0 unspecified atom stereocenters. The number of nitro benzene ring substituents is 1. The van der Waals surface area contributed by atoms with E-state index in [-0.39, 0.29) is 10.6 Å². The predicted octanol–water partition coefficient (Wildman–Crippen LogP) is 5.25. The molecule has 0 atom stereocenters. The van der Waals surface area contributed by atoms with E-state index >= 15 is 0 Å². The Balaban J connectivity index is 2.16. The van der Waals surface area contributed by atoms with E-state index in [2.05, 4.69) is 21.2 Å². The van der Waals surface area contributed by atoms with Crippen LogP contribution in [0, 0.1) is 10.1 Å². The van der Waals surface area contributed by atoms with Crippen molar-refractivity contribution < 1.29 is 4.92 Å². The van der Waals surface area contributed by atoms with Crippen LogP contribution < -0.4 is 5.32 Å². The second-order valence-electron chi connectivity index (χ2n) is 4.57. The summed E-state index contributed by atoms with van der Waals surface area (Å²) in [6.45, 7) is 0. The summed E-state index contributed by atoms with van der Waals surface area (Å²) < 4.78 is 0.959. The molecule has 0 saturated heterocycles. The minimum atomic E-state index is -0.367.